The predicted octanol–water partition coefficient (Wildman–Crippen LogP) is -0.00890. The summed E-state index contributed by atoms with van der Waals surface area (Å²) in [4.78, 5) is 13.6. The molecular formula is C9H17N3O2. The van der Waals surface area contributed by atoms with Gasteiger partial charge in [-0.05, 0) is 6.42 Å². The van der Waals surface area contributed by atoms with Crippen LogP contribution in [0.4, 0.5) is 4.79 Å². The first-order valence-electron chi connectivity index (χ1n) is 5.14. The molecule has 14 heavy (non-hydrogen) atoms. The first kappa shape index (κ1) is 9.73. The van der Waals surface area contributed by atoms with Crippen LogP contribution in [0, 0.1) is 0 Å². The number of carbonyl (C=O) groups excluding carboxylic acids is 1. The summed E-state index contributed by atoms with van der Waals surface area (Å²) in [5, 5.41) is 3.95. The summed E-state index contributed by atoms with van der Waals surface area (Å²) in [5.74, 6) is 0. The normalized spacial score (nSPS) is 25.6. The van der Waals surface area contributed by atoms with E-state index >= 15 is 0 Å². The van der Waals surface area contributed by atoms with E-state index in [0.29, 0.717) is 0 Å². The quantitative estimate of drug-likeness (QED) is 0.596. The van der Waals surface area contributed by atoms with E-state index in [0.717, 1.165) is 45.8 Å². The summed E-state index contributed by atoms with van der Waals surface area (Å²) < 4.78 is 5.26. The minimum absolute atomic E-state index is 0.123. The molecule has 0 unspecified atom stereocenters. The van der Waals surface area contributed by atoms with Gasteiger partial charge in [-0.3, -0.25) is 5.01 Å². The molecule has 2 rings (SSSR count). The van der Waals surface area contributed by atoms with E-state index in [1.807, 2.05) is 12.1 Å². The fourth-order valence-corrected chi connectivity index (χ4v) is 1.90. The van der Waals surface area contributed by atoms with E-state index in [1.54, 1.807) is 4.90 Å². The summed E-state index contributed by atoms with van der Waals surface area (Å²) in [7, 11) is 1.86. The third-order valence-electron chi connectivity index (χ3n) is 2.74. The van der Waals surface area contributed by atoms with Crippen molar-refractivity contribution < 1.29 is 9.53 Å². The van der Waals surface area contributed by atoms with Crippen LogP contribution in [-0.4, -0.2) is 67.4 Å². The molecule has 0 bridgehead atoms. The molecule has 5 heteroatoms. The Balaban J connectivity index is 1.97. The Bertz CT molecular complexity index is 216. The van der Waals surface area contributed by atoms with Gasteiger partial charge in [-0.15, -0.1) is 0 Å². The van der Waals surface area contributed by atoms with Crippen molar-refractivity contribution in [3.05, 3.63) is 0 Å². The molecule has 2 saturated heterocycles. The Morgan fingerprint density at radius 3 is 2.57 bits per heavy atom. The zero-order chi connectivity index (χ0) is 9.97. The lowest BCUT2D eigenvalue weighted by Gasteiger charge is -2.41. The highest BCUT2D eigenvalue weighted by atomic mass is 16.5. The highest BCUT2D eigenvalue weighted by Crippen LogP contribution is 2.11. The molecule has 80 valence electrons. The van der Waals surface area contributed by atoms with Crippen molar-refractivity contribution in [2.75, 3.05) is 46.4 Å². The monoisotopic (exact) mass is 199 g/mol. The van der Waals surface area contributed by atoms with Gasteiger partial charge in [0.1, 0.15) is 0 Å². The molecule has 0 aromatic carbocycles. The number of ether oxygens (including phenoxy) is 1. The highest BCUT2D eigenvalue weighted by molar-refractivity contribution is 5.74. The minimum Gasteiger partial charge on any atom is -0.379 e. The molecule has 0 atom stereocenters. The van der Waals surface area contributed by atoms with Crippen LogP contribution in [0.5, 0.6) is 0 Å². The van der Waals surface area contributed by atoms with Gasteiger partial charge in [0.2, 0.25) is 0 Å². The Morgan fingerprint density at radius 1 is 1.14 bits per heavy atom. The molecule has 0 aromatic heterocycles. The third-order valence-corrected chi connectivity index (χ3v) is 2.74. The number of hydrogen-bond donors (Lipinski definition) is 0. The maximum Gasteiger partial charge on any atom is 0.334 e. The summed E-state index contributed by atoms with van der Waals surface area (Å²) >= 11 is 0. The lowest BCUT2D eigenvalue weighted by molar-refractivity contribution is -0.0764. The first-order chi connectivity index (χ1) is 6.79. The van der Waals surface area contributed by atoms with Gasteiger partial charge in [-0.25, -0.2) is 9.80 Å². The summed E-state index contributed by atoms with van der Waals surface area (Å²) in [5.41, 5.74) is 0. The molecule has 0 radical (unpaired) electrons. The molecule has 2 fully saturated rings. The third kappa shape index (κ3) is 1.83. The van der Waals surface area contributed by atoms with Crippen molar-refractivity contribution in [2.45, 2.75) is 6.42 Å². The SMILES string of the molecule is CN1CCCN(N2CCOCC2)C1=O. The topological polar surface area (TPSA) is 36.0 Å². The molecular weight excluding hydrogens is 182 g/mol. The number of nitrogens with zero attached hydrogens (tertiary/aromatic N) is 3. The van der Waals surface area contributed by atoms with E-state index in [9.17, 15) is 4.79 Å². The van der Waals surface area contributed by atoms with Crippen molar-refractivity contribution in [3.8, 4) is 0 Å². The average Bonchev–Trinajstić information content (AvgIpc) is 2.23. The van der Waals surface area contributed by atoms with Gasteiger partial charge in [0, 0.05) is 33.2 Å². The van der Waals surface area contributed by atoms with Crippen LogP contribution in [0.2, 0.25) is 0 Å². The van der Waals surface area contributed by atoms with Crippen LogP contribution in [0.3, 0.4) is 0 Å². The molecule has 2 aliphatic rings. The van der Waals surface area contributed by atoms with Crippen molar-refractivity contribution >= 4 is 6.03 Å². The smallest absolute Gasteiger partial charge is 0.334 e. The largest absolute Gasteiger partial charge is 0.379 e. The molecule has 0 spiro atoms. The van der Waals surface area contributed by atoms with Crippen LogP contribution in [0.1, 0.15) is 6.42 Å². The van der Waals surface area contributed by atoms with Gasteiger partial charge in [-0.1, -0.05) is 0 Å². The molecule has 2 amide bonds. The van der Waals surface area contributed by atoms with Crippen molar-refractivity contribution in [1.29, 1.82) is 0 Å². The first-order valence-corrected chi connectivity index (χ1v) is 5.14. The van der Waals surface area contributed by atoms with Gasteiger partial charge in [-0.2, -0.15) is 0 Å². The molecule has 0 aliphatic carbocycles. The van der Waals surface area contributed by atoms with Gasteiger partial charge >= 0.3 is 6.03 Å². The Hall–Kier alpha value is -0.810. The van der Waals surface area contributed by atoms with E-state index < -0.39 is 0 Å². The van der Waals surface area contributed by atoms with E-state index in [1.165, 1.54) is 0 Å². The molecule has 0 saturated carbocycles. The van der Waals surface area contributed by atoms with E-state index in [-0.39, 0.29) is 6.03 Å². The van der Waals surface area contributed by atoms with Crippen LogP contribution < -0.4 is 0 Å². The summed E-state index contributed by atoms with van der Waals surface area (Å²) in [6, 6.07) is 0.123. The van der Waals surface area contributed by atoms with Gasteiger partial charge in [0.25, 0.3) is 0 Å². The van der Waals surface area contributed by atoms with Gasteiger partial charge in [0.05, 0.1) is 13.2 Å². The lowest BCUT2D eigenvalue weighted by Crippen LogP contribution is -2.58. The number of hydrazine groups is 1. The second-order valence-electron chi connectivity index (χ2n) is 3.75. The molecule has 0 aromatic rings. The molecule has 2 aliphatic heterocycles. The highest BCUT2D eigenvalue weighted by Gasteiger charge is 2.28. The van der Waals surface area contributed by atoms with Crippen LogP contribution in [0.15, 0.2) is 0 Å². The Morgan fingerprint density at radius 2 is 1.86 bits per heavy atom. The number of rotatable bonds is 1. The number of urea groups is 1. The zero-order valence-electron chi connectivity index (χ0n) is 8.61. The standard InChI is InChI=1S/C9H17N3O2/c1-10-3-2-4-12(9(10)13)11-5-7-14-8-6-11/h2-8H2,1H3. The molecule has 2 heterocycles. The Labute approximate surface area is 84.2 Å². The molecule has 5 nitrogen and oxygen atoms in total. The van der Waals surface area contributed by atoms with Crippen LogP contribution >= 0.6 is 0 Å². The Kier molecular flexibility index (Phi) is 2.88. The van der Waals surface area contributed by atoms with E-state index in [2.05, 4.69) is 5.01 Å². The minimum atomic E-state index is 0.123. The number of carbonyl (C=O) groups is 1. The molecule has 0 N–H and O–H groups in total. The van der Waals surface area contributed by atoms with Crippen LogP contribution in [-0.2, 0) is 4.74 Å². The van der Waals surface area contributed by atoms with E-state index in [4.69, 9.17) is 4.74 Å². The fourth-order valence-electron chi connectivity index (χ4n) is 1.90. The number of hydrogen-bond acceptors (Lipinski definition) is 3. The average molecular weight is 199 g/mol. The second kappa shape index (κ2) is 4.14. The van der Waals surface area contributed by atoms with Gasteiger partial charge in [0.15, 0.2) is 0 Å². The van der Waals surface area contributed by atoms with Crippen molar-refractivity contribution in [2.24, 2.45) is 0 Å². The summed E-state index contributed by atoms with van der Waals surface area (Å²) in [6.45, 7) is 4.85. The van der Waals surface area contributed by atoms with Crippen molar-refractivity contribution in [1.82, 2.24) is 14.9 Å². The predicted molar refractivity (Wildman–Crippen MR) is 51.7 cm³/mol. The maximum atomic E-state index is 11.8. The number of amides is 2. The summed E-state index contributed by atoms with van der Waals surface area (Å²) in [6.07, 6.45) is 1.06. The van der Waals surface area contributed by atoms with Crippen molar-refractivity contribution in [3.63, 3.8) is 0 Å². The second-order valence-corrected chi connectivity index (χ2v) is 3.75. The van der Waals surface area contributed by atoms with Crippen LogP contribution in [0.25, 0.3) is 0 Å². The maximum absolute atomic E-state index is 11.8. The van der Waals surface area contributed by atoms with Gasteiger partial charge < -0.3 is 9.64 Å². The number of morpholine rings is 1. The zero-order valence-corrected chi connectivity index (χ0v) is 8.61. The fraction of sp³-hybridized carbons (Fsp3) is 0.889. The lowest BCUT2D eigenvalue weighted by atomic mass is 10.3.